The Morgan fingerprint density at radius 3 is 2.58 bits per heavy atom. The summed E-state index contributed by atoms with van der Waals surface area (Å²) in [5, 5.41) is 2.99. The molecule has 0 spiro atoms. The molecular weight excluding hydrogens is 256 g/mol. The van der Waals surface area contributed by atoms with Crippen molar-refractivity contribution in [3.63, 3.8) is 0 Å². The number of rotatable bonds is 4. The van der Waals surface area contributed by atoms with Crippen LogP contribution >= 0.6 is 11.3 Å². The Morgan fingerprint density at radius 1 is 1.37 bits per heavy atom. The van der Waals surface area contributed by atoms with Crippen molar-refractivity contribution in [1.82, 2.24) is 4.98 Å². The van der Waals surface area contributed by atoms with Gasteiger partial charge >= 0.3 is 0 Å². The molecule has 98 valence electrons. The molecule has 0 aliphatic heterocycles. The van der Waals surface area contributed by atoms with E-state index in [9.17, 15) is 4.79 Å². The van der Waals surface area contributed by atoms with Gasteiger partial charge in [0, 0.05) is 11.1 Å². The third kappa shape index (κ3) is 2.28. The Labute approximate surface area is 116 Å². The first-order valence-corrected chi connectivity index (χ1v) is 7.28. The van der Waals surface area contributed by atoms with E-state index in [-0.39, 0.29) is 11.2 Å². The van der Waals surface area contributed by atoms with E-state index in [0.717, 1.165) is 34.8 Å². The van der Waals surface area contributed by atoms with E-state index >= 15 is 0 Å². The number of nitrogen functional groups attached to an aromatic ring is 1. The summed E-state index contributed by atoms with van der Waals surface area (Å²) in [7, 11) is 0. The number of benzene rings is 1. The highest BCUT2D eigenvalue weighted by atomic mass is 32.1. The number of hydrogen-bond acceptors (Lipinski definition) is 4. The molecule has 1 aromatic carbocycles. The van der Waals surface area contributed by atoms with Gasteiger partial charge in [0.1, 0.15) is 5.78 Å². The van der Waals surface area contributed by atoms with Gasteiger partial charge in [-0.25, -0.2) is 4.98 Å². The summed E-state index contributed by atoms with van der Waals surface area (Å²) in [5.74, 6) is 0.280. The van der Waals surface area contributed by atoms with Crippen molar-refractivity contribution < 1.29 is 4.79 Å². The van der Waals surface area contributed by atoms with Gasteiger partial charge in [0.25, 0.3) is 0 Å². The summed E-state index contributed by atoms with van der Waals surface area (Å²) in [6, 6.07) is 7.70. The first-order valence-electron chi connectivity index (χ1n) is 6.40. The molecule has 1 heterocycles. The van der Waals surface area contributed by atoms with Crippen molar-refractivity contribution in [3.05, 3.63) is 45.9 Å². The molecule has 0 radical (unpaired) electrons. The minimum Gasteiger partial charge on any atom is -0.399 e. The smallest absolute Gasteiger partial charge is 0.149 e. The fraction of sp³-hybridized carbons (Fsp3) is 0.333. The van der Waals surface area contributed by atoms with Crippen LogP contribution in [-0.2, 0) is 16.6 Å². The molecule has 2 aromatic rings. The van der Waals surface area contributed by atoms with Crippen molar-refractivity contribution in [2.75, 3.05) is 5.73 Å². The van der Waals surface area contributed by atoms with Crippen molar-refractivity contribution in [3.8, 4) is 0 Å². The highest BCUT2D eigenvalue weighted by Crippen LogP contribution is 2.49. The molecule has 1 aromatic heterocycles. The van der Waals surface area contributed by atoms with E-state index in [2.05, 4.69) is 4.98 Å². The van der Waals surface area contributed by atoms with Gasteiger partial charge in [-0.15, -0.1) is 11.3 Å². The number of carbonyl (C=O) groups excluding carboxylic acids is 1. The average Bonchev–Trinajstić information content (AvgIpc) is 3.10. The second-order valence-corrected chi connectivity index (χ2v) is 6.22. The Kier molecular flexibility index (Phi) is 2.90. The van der Waals surface area contributed by atoms with E-state index in [4.69, 9.17) is 5.73 Å². The summed E-state index contributed by atoms with van der Waals surface area (Å²) >= 11 is 1.60. The molecule has 1 aliphatic carbocycles. The number of hydrogen-bond donors (Lipinski definition) is 1. The summed E-state index contributed by atoms with van der Waals surface area (Å²) in [5.41, 5.74) is 8.16. The summed E-state index contributed by atoms with van der Waals surface area (Å²) < 4.78 is 0. The highest BCUT2D eigenvalue weighted by Gasteiger charge is 2.50. The van der Waals surface area contributed by atoms with Gasteiger partial charge in [-0.3, -0.25) is 4.79 Å². The van der Waals surface area contributed by atoms with E-state index in [0.29, 0.717) is 6.42 Å². The van der Waals surface area contributed by atoms with Crippen LogP contribution in [0.15, 0.2) is 29.6 Å². The zero-order chi connectivity index (χ0) is 13.5. The maximum atomic E-state index is 12.5. The number of thiazole rings is 1. The molecule has 1 aliphatic rings. The number of anilines is 1. The standard InChI is InChI=1S/C15H16N2OS/c1-10-17-13(9-19-10)8-14(18)15(6-7-15)11-2-4-12(16)5-3-11/h2-5,9H,6-8,16H2,1H3. The minimum absolute atomic E-state index is 0.273. The molecule has 0 atom stereocenters. The number of aromatic nitrogens is 1. The van der Waals surface area contributed by atoms with Gasteiger partial charge in [-0.1, -0.05) is 12.1 Å². The molecule has 19 heavy (non-hydrogen) atoms. The largest absolute Gasteiger partial charge is 0.399 e. The first kappa shape index (κ1) is 12.4. The number of aryl methyl sites for hydroxylation is 1. The van der Waals surface area contributed by atoms with Gasteiger partial charge in [-0.05, 0) is 37.5 Å². The highest BCUT2D eigenvalue weighted by molar-refractivity contribution is 7.09. The second kappa shape index (κ2) is 4.46. The Hall–Kier alpha value is -1.68. The zero-order valence-corrected chi connectivity index (χ0v) is 11.7. The lowest BCUT2D eigenvalue weighted by Crippen LogP contribution is -2.22. The molecule has 3 rings (SSSR count). The number of nitrogens with two attached hydrogens (primary N) is 1. The van der Waals surface area contributed by atoms with Gasteiger partial charge in [0.15, 0.2) is 0 Å². The van der Waals surface area contributed by atoms with Crippen LogP contribution in [0, 0.1) is 6.92 Å². The van der Waals surface area contributed by atoms with Crippen molar-refractivity contribution in [2.24, 2.45) is 0 Å². The van der Waals surface area contributed by atoms with Gasteiger partial charge in [-0.2, -0.15) is 0 Å². The number of ketones is 1. The lowest BCUT2D eigenvalue weighted by molar-refractivity contribution is -0.120. The first-order chi connectivity index (χ1) is 9.10. The van der Waals surface area contributed by atoms with E-state index in [1.165, 1.54) is 0 Å². The summed E-state index contributed by atoms with van der Waals surface area (Å²) in [6.45, 7) is 1.96. The van der Waals surface area contributed by atoms with Crippen LogP contribution in [0.3, 0.4) is 0 Å². The third-order valence-corrected chi connectivity index (χ3v) is 4.58. The summed E-state index contributed by atoms with van der Waals surface area (Å²) in [4.78, 5) is 16.9. The molecule has 0 saturated heterocycles. The molecule has 1 saturated carbocycles. The Morgan fingerprint density at radius 2 is 2.05 bits per heavy atom. The van der Waals surface area contributed by atoms with E-state index in [1.54, 1.807) is 11.3 Å². The molecular formula is C15H16N2OS. The third-order valence-electron chi connectivity index (χ3n) is 3.76. The van der Waals surface area contributed by atoms with Crippen LogP contribution in [0.5, 0.6) is 0 Å². The topological polar surface area (TPSA) is 56.0 Å². The average molecular weight is 272 g/mol. The van der Waals surface area contributed by atoms with Crippen LogP contribution in [0.25, 0.3) is 0 Å². The quantitative estimate of drug-likeness (QED) is 0.871. The van der Waals surface area contributed by atoms with Crippen LogP contribution in [0.4, 0.5) is 5.69 Å². The molecule has 1 fully saturated rings. The number of nitrogens with zero attached hydrogens (tertiary/aromatic N) is 1. The van der Waals surface area contributed by atoms with E-state index < -0.39 is 0 Å². The minimum atomic E-state index is -0.273. The van der Waals surface area contributed by atoms with Crippen molar-refractivity contribution >= 4 is 22.8 Å². The van der Waals surface area contributed by atoms with Gasteiger partial charge < -0.3 is 5.73 Å². The van der Waals surface area contributed by atoms with Crippen LogP contribution in [0.1, 0.15) is 29.1 Å². The molecule has 3 nitrogen and oxygen atoms in total. The maximum Gasteiger partial charge on any atom is 0.149 e. The number of carbonyl (C=O) groups is 1. The Bertz CT molecular complexity index is 611. The normalized spacial score (nSPS) is 16.3. The molecule has 0 unspecified atom stereocenters. The van der Waals surface area contributed by atoms with Crippen molar-refractivity contribution in [2.45, 2.75) is 31.6 Å². The van der Waals surface area contributed by atoms with Crippen LogP contribution in [-0.4, -0.2) is 10.8 Å². The monoisotopic (exact) mass is 272 g/mol. The number of Topliss-reactive ketones (excluding diaryl/α,β-unsaturated/α-hetero) is 1. The molecule has 0 amide bonds. The molecule has 0 bridgehead atoms. The Balaban J connectivity index is 1.81. The van der Waals surface area contributed by atoms with Crippen molar-refractivity contribution in [1.29, 1.82) is 0 Å². The summed E-state index contributed by atoms with van der Waals surface area (Å²) in [6.07, 6.45) is 2.33. The van der Waals surface area contributed by atoms with Crippen LogP contribution < -0.4 is 5.73 Å². The maximum absolute atomic E-state index is 12.5. The SMILES string of the molecule is Cc1nc(CC(=O)C2(c3ccc(N)cc3)CC2)cs1. The van der Waals surface area contributed by atoms with Gasteiger partial charge in [0.05, 0.1) is 22.5 Å². The molecule has 4 heteroatoms. The van der Waals surface area contributed by atoms with E-state index in [1.807, 2.05) is 36.6 Å². The lowest BCUT2D eigenvalue weighted by Gasteiger charge is -2.14. The van der Waals surface area contributed by atoms with Crippen LogP contribution in [0.2, 0.25) is 0 Å². The predicted molar refractivity (Wildman–Crippen MR) is 77.3 cm³/mol. The second-order valence-electron chi connectivity index (χ2n) is 5.16. The molecule has 2 N–H and O–H groups in total. The fourth-order valence-corrected chi connectivity index (χ4v) is 3.09. The lowest BCUT2D eigenvalue weighted by atomic mass is 9.89. The zero-order valence-electron chi connectivity index (χ0n) is 10.8. The predicted octanol–water partition coefficient (Wildman–Crippen LogP) is 2.88. The van der Waals surface area contributed by atoms with Gasteiger partial charge in [0.2, 0.25) is 0 Å². The fourth-order valence-electron chi connectivity index (χ4n) is 2.48.